The summed E-state index contributed by atoms with van der Waals surface area (Å²) < 4.78 is 81.8. The van der Waals surface area contributed by atoms with Crippen LogP contribution < -0.4 is 10.5 Å². The summed E-state index contributed by atoms with van der Waals surface area (Å²) in [4.78, 5) is 4.71. The van der Waals surface area contributed by atoms with Gasteiger partial charge in [-0.05, 0) is 68.0 Å². The Labute approximate surface area is 211 Å². The summed E-state index contributed by atoms with van der Waals surface area (Å²) in [5.74, 6) is -3.99. The molecule has 11 heteroatoms. The molecule has 1 heterocycles. The van der Waals surface area contributed by atoms with Gasteiger partial charge in [-0.3, -0.25) is 19.8 Å². The van der Waals surface area contributed by atoms with Crippen molar-refractivity contribution in [2.24, 2.45) is 5.41 Å². The largest absolute Gasteiger partial charge is 0.320 e. The van der Waals surface area contributed by atoms with Gasteiger partial charge in [-0.1, -0.05) is 20.8 Å². The highest BCUT2D eigenvalue weighted by atomic mass is 19.3. The Morgan fingerprint density at radius 2 is 1.76 bits per heavy atom. The number of fused-ring (bicyclic) bond motifs is 1. The Kier molecular flexibility index (Phi) is 9.88. The van der Waals surface area contributed by atoms with Crippen LogP contribution >= 0.6 is 0 Å². The third kappa shape index (κ3) is 7.11. The SMILES string of the molecule is CC.CC(=N)n1c(=N)nc(N(CC(F)F)c2cc(C)cc(F)c2)c2c(F)c(F)ccc21.CC1(CF)CC1. The molecule has 0 unspecified atom stereocenters. The number of hydrogen-bond donors (Lipinski definition) is 2. The van der Waals surface area contributed by atoms with Crippen molar-refractivity contribution in [2.45, 2.75) is 53.9 Å². The second kappa shape index (κ2) is 12.2. The highest BCUT2D eigenvalue weighted by molar-refractivity contribution is 5.97. The van der Waals surface area contributed by atoms with Crippen molar-refractivity contribution in [3.8, 4) is 0 Å². The number of rotatable bonds is 5. The molecule has 3 aromatic rings. The number of hydrogen-bond acceptors (Lipinski definition) is 4. The fourth-order valence-corrected chi connectivity index (χ4v) is 3.47. The first-order chi connectivity index (χ1) is 17.4. The zero-order valence-corrected chi connectivity index (χ0v) is 21.4. The molecule has 2 aromatic carbocycles. The van der Waals surface area contributed by atoms with Crippen LogP contribution in [-0.4, -0.2) is 35.0 Å². The van der Waals surface area contributed by atoms with Crippen molar-refractivity contribution in [3.63, 3.8) is 0 Å². The van der Waals surface area contributed by atoms with Gasteiger partial charge in [0.1, 0.15) is 17.5 Å². The van der Waals surface area contributed by atoms with Gasteiger partial charge in [-0.2, -0.15) is 4.98 Å². The van der Waals surface area contributed by atoms with Crippen molar-refractivity contribution in [2.75, 3.05) is 18.1 Å². The summed E-state index contributed by atoms with van der Waals surface area (Å²) in [6.45, 7) is 7.73. The first-order valence-corrected chi connectivity index (χ1v) is 11.8. The summed E-state index contributed by atoms with van der Waals surface area (Å²) in [5.41, 5.74) is -0.149. The van der Waals surface area contributed by atoms with E-state index >= 15 is 0 Å². The van der Waals surface area contributed by atoms with E-state index in [-0.39, 0.29) is 29.1 Å². The Bertz CT molecular complexity index is 1300. The molecule has 1 saturated carbocycles. The van der Waals surface area contributed by atoms with Gasteiger partial charge in [0, 0.05) is 5.69 Å². The van der Waals surface area contributed by atoms with E-state index in [0.29, 0.717) is 5.56 Å². The van der Waals surface area contributed by atoms with E-state index in [1.54, 1.807) is 6.92 Å². The summed E-state index contributed by atoms with van der Waals surface area (Å²) in [7, 11) is 0. The van der Waals surface area contributed by atoms with E-state index < -0.39 is 47.2 Å². The molecule has 37 heavy (non-hydrogen) atoms. The molecule has 4 rings (SSSR count). The Hall–Kier alpha value is -3.37. The fraction of sp³-hybridized carbons (Fsp3) is 0.423. The summed E-state index contributed by atoms with van der Waals surface area (Å²) in [6, 6.07) is 5.48. The number of alkyl halides is 3. The molecule has 0 saturated heterocycles. The van der Waals surface area contributed by atoms with Gasteiger partial charge in [0.2, 0.25) is 5.62 Å². The van der Waals surface area contributed by atoms with E-state index in [0.717, 1.165) is 40.5 Å². The summed E-state index contributed by atoms with van der Waals surface area (Å²) in [5, 5.41) is 15.4. The second-order valence-corrected chi connectivity index (χ2v) is 8.87. The molecule has 0 aliphatic heterocycles. The van der Waals surface area contributed by atoms with Crippen molar-refractivity contribution in [1.29, 1.82) is 10.8 Å². The fourth-order valence-electron chi connectivity index (χ4n) is 3.47. The lowest BCUT2D eigenvalue weighted by molar-refractivity contribution is 0.157. The van der Waals surface area contributed by atoms with Crippen LogP contribution in [0.15, 0.2) is 30.3 Å². The molecule has 202 valence electrons. The summed E-state index contributed by atoms with van der Waals surface area (Å²) in [6.07, 6.45) is -0.717. The van der Waals surface area contributed by atoms with Crippen molar-refractivity contribution in [3.05, 3.63) is 59.0 Å². The lowest BCUT2D eigenvalue weighted by Gasteiger charge is -2.26. The van der Waals surface area contributed by atoms with Gasteiger partial charge in [0.25, 0.3) is 6.43 Å². The third-order valence-electron chi connectivity index (χ3n) is 5.64. The zero-order valence-electron chi connectivity index (χ0n) is 21.4. The first-order valence-electron chi connectivity index (χ1n) is 11.8. The average Bonchev–Trinajstić information content (AvgIpc) is 3.58. The van der Waals surface area contributed by atoms with Gasteiger partial charge >= 0.3 is 0 Å². The lowest BCUT2D eigenvalue weighted by Crippen LogP contribution is -2.33. The highest BCUT2D eigenvalue weighted by Gasteiger charge is 2.36. The Morgan fingerprint density at radius 1 is 1.14 bits per heavy atom. The van der Waals surface area contributed by atoms with Gasteiger partial charge < -0.3 is 4.90 Å². The topological polar surface area (TPSA) is 68.8 Å². The average molecular weight is 528 g/mol. The smallest absolute Gasteiger partial charge is 0.256 e. The maximum atomic E-state index is 14.8. The van der Waals surface area contributed by atoms with E-state index in [9.17, 15) is 26.3 Å². The number of aryl methyl sites for hydroxylation is 1. The van der Waals surface area contributed by atoms with Gasteiger partial charge in [-0.25, -0.2) is 22.0 Å². The lowest BCUT2D eigenvalue weighted by atomic mass is 10.1. The van der Waals surface area contributed by atoms with Crippen LogP contribution in [0.4, 0.5) is 37.8 Å². The molecular weight excluding hydrogens is 496 g/mol. The standard InChI is InChI=1S/C19H16F5N5.C5H9F.C2H6/c1-9-5-11(20)7-12(6-9)28(8-15(22)23)18-16-14(4-3-13(21)17(16)24)29(10(2)25)19(26)27-18;1-5(4-6)2-3-5;1-2/h3-7,15,25-26H,8H2,1-2H3;2-4H2,1H3;1-2H3. The number of nitrogens with zero attached hydrogens (tertiary/aromatic N) is 3. The van der Waals surface area contributed by atoms with E-state index in [1.807, 2.05) is 20.8 Å². The minimum Gasteiger partial charge on any atom is -0.320 e. The Balaban J connectivity index is 0.000000519. The molecule has 5 nitrogen and oxygen atoms in total. The normalized spacial score (nSPS) is 13.4. The molecule has 0 atom stereocenters. The molecule has 1 fully saturated rings. The van der Waals surface area contributed by atoms with Crippen LogP contribution in [0.2, 0.25) is 0 Å². The predicted molar refractivity (Wildman–Crippen MR) is 133 cm³/mol. The van der Waals surface area contributed by atoms with Crippen LogP contribution in [0.5, 0.6) is 0 Å². The first kappa shape index (κ1) is 29.9. The van der Waals surface area contributed by atoms with Crippen molar-refractivity contribution in [1.82, 2.24) is 9.55 Å². The second-order valence-electron chi connectivity index (χ2n) is 8.87. The molecular formula is C26H31F6N5. The number of aromatic nitrogens is 2. The maximum absolute atomic E-state index is 14.8. The van der Waals surface area contributed by atoms with E-state index in [2.05, 4.69) is 4.98 Å². The van der Waals surface area contributed by atoms with Gasteiger partial charge in [0.15, 0.2) is 11.6 Å². The Morgan fingerprint density at radius 3 is 2.22 bits per heavy atom. The quantitative estimate of drug-likeness (QED) is 0.208. The van der Waals surface area contributed by atoms with Gasteiger partial charge in [-0.15, -0.1) is 0 Å². The van der Waals surface area contributed by atoms with E-state index in [4.69, 9.17) is 10.8 Å². The van der Waals surface area contributed by atoms with Crippen molar-refractivity contribution >= 4 is 28.2 Å². The zero-order chi connectivity index (χ0) is 28.1. The van der Waals surface area contributed by atoms with Crippen LogP contribution in [0, 0.1) is 40.6 Å². The van der Waals surface area contributed by atoms with Crippen LogP contribution in [0.1, 0.15) is 46.1 Å². The molecule has 0 bridgehead atoms. The monoisotopic (exact) mass is 527 g/mol. The number of nitrogens with one attached hydrogen (secondary N) is 2. The van der Waals surface area contributed by atoms with Gasteiger partial charge in [0.05, 0.1) is 24.1 Å². The third-order valence-corrected chi connectivity index (χ3v) is 5.64. The molecule has 2 N–H and O–H groups in total. The summed E-state index contributed by atoms with van der Waals surface area (Å²) >= 11 is 0. The number of anilines is 2. The molecule has 0 spiro atoms. The number of benzene rings is 2. The molecule has 0 amide bonds. The predicted octanol–water partition coefficient (Wildman–Crippen LogP) is 7.27. The molecule has 1 aliphatic rings. The molecule has 0 radical (unpaired) electrons. The van der Waals surface area contributed by atoms with Crippen LogP contribution in [-0.2, 0) is 0 Å². The van der Waals surface area contributed by atoms with Crippen LogP contribution in [0.3, 0.4) is 0 Å². The van der Waals surface area contributed by atoms with Crippen LogP contribution in [0.25, 0.3) is 10.9 Å². The highest BCUT2D eigenvalue weighted by Crippen LogP contribution is 2.44. The minimum atomic E-state index is -2.92. The minimum absolute atomic E-state index is 0.0519. The number of halogens is 6. The van der Waals surface area contributed by atoms with Crippen molar-refractivity contribution < 1.29 is 26.3 Å². The maximum Gasteiger partial charge on any atom is 0.256 e. The van der Waals surface area contributed by atoms with E-state index in [1.165, 1.54) is 19.1 Å². The molecule has 1 aliphatic carbocycles. The molecule has 1 aromatic heterocycles.